The van der Waals surface area contributed by atoms with E-state index >= 15 is 0 Å². The lowest BCUT2D eigenvalue weighted by Crippen LogP contribution is -3.14. The highest BCUT2D eigenvalue weighted by Gasteiger charge is 2.25. The number of hydrogen-bond donors (Lipinski definition) is 2. The van der Waals surface area contributed by atoms with Crippen LogP contribution in [0.15, 0.2) is 9.59 Å². The van der Waals surface area contributed by atoms with Crippen LogP contribution >= 0.6 is 0 Å². The standard InChI is InChI=1S/C12H18N4O4/c1-14-10(13)9(11(18)15(2)12(14)19)8(17)7-16-3-5-20-6-4-16/h3-7,13H2,1-2H3/p+1. The molecule has 1 fully saturated rings. The van der Waals surface area contributed by atoms with Crippen molar-refractivity contribution in [3.8, 4) is 0 Å². The number of anilines is 1. The third-order valence-electron chi connectivity index (χ3n) is 3.60. The molecule has 2 heterocycles. The fourth-order valence-corrected chi connectivity index (χ4v) is 2.27. The molecule has 0 radical (unpaired) electrons. The minimum absolute atomic E-state index is 0.0734. The Morgan fingerprint density at radius 3 is 2.45 bits per heavy atom. The summed E-state index contributed by atoms with van der Waals surface area (Å²) in [7, 11) is 2.78. The summed E-state index contributed by atoms with van der Waals surface area (Å²) in [4.78, 5) is 37.1. The summed E-state index contributed by atoms with van der Waals surface area (Å²) >= 11 is 0. The number of aromatic nitrogens is 2. The van der Waals surface area contributed by atoms with Gasteiger partial charge in [0.25, 0.3) is 5.56 Å². The zero-order chi connectivity index (χ0) is 14.9. The lowest BCUT2D eigenvalue weighted by molar-refractivity contribution is -0.899. The molecule has 20 heavy (non-hydrogen) atoms. The maximum absolute atomic E-state index is 12.3. The van der Waals surface area contributed by atoms with Gasteiger partial charge in [0, 0.05) is 14.1 Å². The van der Waals surface area contributed by atoms with E-state index in [2.05, 4.69) is 0 Å². The monoisotopic (exact) mass is 283 g/mol. The molecule has 1 aromatic rings. The number of nitrogens with one attached hydrogen (secondary N) is 1. The number of carbonyl (C=O) groups excluding carboxylic acids is 1. The number of nitrogens with zero attached hydrogens (tertiary/aromatic N) is 2. The van der Waals surface area contributed by atoms with E-state index in [0.29, 0.717) is 13.2 Å². The number of ketones is 1. The van der Waals surface area contributed by atoms with Crippen LogP contribution in [0.4, 0.5) is 5.82 Å². The van der Waals surface area contributed by atoms with Gasteiger partial charge in [-0.3, -0.25) is 18.7 Å². The number of ether oxygens (including phenoxy) is 1. The highest BCUT2D eigenvalue weighted by Crippen LogP contribution is 2.02. The topological polar surface area (TPSA) is 101 Å². The van der Waals surface area contributed by atoms with Crippen LogP contribution in [0.3, 0.4) is 0 Å². The first-order chi connectivity index (χ1) is 9.43. The summed E-state index contributed by atoms with van der Waals surface area (Å²) < 4.78 is 7.24. The highest BCUT2D eigenvalue weighted by molar-refractivity contribution is 6.00. The summed E-state index contributed by atoms with van der Waals surface area (Å²) in [5.74, 6) is -0.411. The van der Waals surface area contributed by atoms with Crippen molar-refractivity contribution in [2.45, 2.75) is 0 Å². The molecule has 0 bridgehead atoms. The zero-order valence-corrected chi connectivity index (χ0v) is 11.6. The van der Waals surface area contributed by atoms with Crippen LogP contribution in [-0.4, -0.2) is 47.8 Å². The summed E-state index contributed by atoms with van der Waals surface area (Å²) in [6, 6.07) is 0. The summed E-state index contributed by atoms with van der Waals surface area (Å²) in [6.07, 6.45) is 0. The molecule has 0 unspecified atom stereocenters. The van der Waals surface area contributed by atoms with E-state index in [1.165, 1.54) is 14.1 Å². The number of carbonyl (C=O) groups is 1. The van der Waals surface area contributed by atoms with Gasteiger partial charge in [0.2, 0.25) is 5.78 Å². The van der Waals surface area contributed by atoms with Crippen molar-refractivity contribution in [3.63, 3.8) is 0 Å². The molecule has 0 aliphatic carbocycles. The summed E-state index contributed by atoms with van der Waals surface area (Å²) in [5.41, 5.74) is 4.48. The van der Waals surface area contributed by atoms with E-state index in [0.717, 1.165) is 27.1 Å². The maximum Gasteiger partial charge on any atom is 0.332 e. The Balaban J connectivity index is 2.35. The second kappa shape index (κ2) is 5.59. The van der Waals surface area contributed by atoms with Crippen molar-refractivity contribution in [1.29, 1.82) is 0 Å². The quantitative estimate of drug-likeness (QED) is 0.568. The fourth-order valence-electron chi connectivity index (χ4n) is 2.27. The molecule has 2 rings (SSSR count). The first kappa shape index (κ1) is 14.5. The van der Waals surface area contributed by atoms with Crippen molar-refractivity contribution >= 4 is 11.6 Å². The van der Waals surface area contributed by atoms with Gasteiger partial charge >= 0.3 is 5.69 Å². The number of morpholine rings is 1. The zero-order valence-electron chi connectivity index (χ0n) is 11.6. The van der Waals surface area contributed by atoms with E-state index in [1.54, 1.807) is 0 Å². The lowest BCUT2D eigenvalue weighted by atomic mass is 10.1. The van der Waals surface area contributed by atoms with Crippen LogP contribution in [0.2, 0.25) is 0 Å². The normalized spacial score (nSPS) is 16.3. The number of Topliss-reactive ketones (excluding diaryl/α,β-unsaturated/α-hetero) is 1. The molecule has 0 atom stereocenters. The molecule has 0 spiro atoms. The van der Waals surface area contributed by atoms with Gasteiger partial charge in [0.1, 0.15) is 31.0 Å². The highest BCUT2D eigenvalue weighted by atomic mass is 16.5. The van der Waals surface area contributed by atoms with Gasteiger partial charge in [-0.1, -0.05) is 0 Å². The molecule has 8 heteroatoms. The van der Waals surface area contributed by atoms with E-state index in [-0.39, 0.29) is 23.7 Å². The molecule has 1 aliphatic rings. The largest absolute Gasteiger partial charge is 0.384 e. The Labute approximate surface area is 115 Å². The molecular formula is C12H19N4O4+. The van der Waals surface area contributed by atoms with Gasteiger partial charge in [-0.05, 0) is 0 Å². The Morgan fingerprint density at radius 2 is 1.85 bits per heavy atom. The van der Waals surface area contributed by atoms with Gasteiger partial charge < -0.3 is 15.4 Å². The number of nitrogens with two attached hydrogens (primary N) is 1. The third-order valence-corrected chi connectivity index (χ3v) is 3.60. The first-order valence-corrected chi connectivity index (χ1v) is 6.43. The molecule has 110 valence electrons. The van der Waals surface area contributed by atoms with E-state index in [1.807, 2.05) is 0 Å². The van der Waals surface area contributed by atoms with Crippen LogP contribution in [0.1, 0.15) is 10.4 Å². The summed E-state index contributed by atoms with van der Waals surface area (Å²) in [6.45, 7) is 2.82. The van der Waals surface area contributed by atoms with Crippen molar-refractivity contribution in [1.82, 2.24) is 9.13 Å². The van der Waals surface area contributed by atoms with Gasteiger partial charge in [-0.2, -0.15) is 0 Å². The minimum atomic E-state index is -0.636. The van der Waals surface area contributed by atoms with Gasteiger partial charge in [-0.15, -0.1) is 0 Å². The summed E-state index contributed by atoms with van der Waals surface area (Å²) in [5, 5.41) is 0. The predicted molar refractivity (Wildman–Crippen MR) is 72.0 cm³/mol. The molecule has 3 N–H and O–H groups in total. The number of rotatable bonds is 3. The molecule has 0 saturated carbocycles. The van der Waals surface area contributed by atoms with Crippen LogP contribution in [0.25, 0.3) is 0 Å². The lowest BCUT2D eigenvalue weighted by Gasteiger charge is -2.23. The molecule has 1 saturated heterocycles. The van der Waals surface area contributed by atoms with Crippen molar-refractivity contribution < 1.29 is 14.4 Å². The third kappa shape index (κ3) is 2.52. The number of hydrogen-bond acceptors (Lipinski definition) is 5. The Morgan fingerprint density at radius 1 is 1.25 bits per heavy atom. The van der Waals surface area contributed by atoms with Gasteiger partial charge in [-0.25, -0.2) is 4.79 Å². The van der Waals surface area contributed by atoms with Crippen molar-refractivity contribution in [2.24, 2.45) is 14.1 Å². The van der Waals surface area contributed by atoms with E-state index < -0.39 is 11.2 Å². The number of nitrogen functional groups attached to an aromatic ring is 1. The van der Waals surface area contributed by atoms with E-state index in [4.69, 9.17) is 10.5 Å². The van der Waals surface area contributed by atoms with Crippen molar-refractivity contribution in [2.75, 3.05) is 38.6 Å². The smallest absolute Gasteiger partial charge is 0.332 e. The van der Waals surface area contributed by atoms with Crippen LogP contribution in [0.5, 0.6) is 0 Å². The first-order valence-electron chi connectivity index (χ1n) is 6.43. The predicted octanol–water partition coefficient (Wildman–Crippen LogP) is -3.24. The average molecular weight is 283 g/mol. The number of quaternary nitrogens is 1. The van der Waals surface area contributed by atoms with Crippen LogP contribution in [-0.2, 0) is 18.8 Å². The average Bonchev–Trinajstić information content (AvgIpc) is 2.44. The minimum Gasteiger partial charge on any atom is -0.384 e. The van der Waals surface area contributed by atoms with Crippen molar-refractivity contribution in [3.05, 3.63) is 26.4 Å². The SMILES string of the molecule is Cn1c(N)c(C(=O)C[NH+]2CCOCC2)c(=O)n(C)c1=O. The second-order valence-corrected chi connectivity index (χ2v) is 4.93. The molecule has 1 aromatic heterocycles. The molecule has 0 amide bonds. The Bertz CT molecular complexity index is 640. The maximum atomic E-state index is 12.3. The van der Waals surface area contributed by atoms with E-state index in [9.17, 15) is 14.4 Å². The Hall–Kier alpha value is -1.93. The van der Waals surface area contributed by atoms with Crippen LogP contribution < -0.4 is 21.9 Å². The molecule has 0 aromatic carbocycles. The van der Waals surface area contributed by atoms with Crippen LogP contribution in [0, 0.1) is 0 Å². The molecular weight excluding hydrogens is 264 g/mol. The fraction of sp³-hybridized carbons (Fsp3) is 0.583. The van der Waals surface area contributed by atoms with Gasteiger partial charge in [0.15, 0.2) is 0 Å². The molecule has 1 aliphatic heterocycles. The Kier molecular flexibility index (Phi) is 4.05. The van der Waals surface area contributed by atoms with Gasteiger partial charge in [0.05, 0.1) is 13.2 Å². The molecule has 8 nitrogen and oxygen atoms in total. The second-order valence-electron chi connectivity index (χ2n) is 4.93.